The molecule has 1 aliphatic rings. The number of nitrogens with one attached hydrogen (secondary N) is 1. The van der Waals surface area contributed by atoms with E-state index in [4.69, 9.17) is 6.42 Å². The smallest absolute Gasteiger partial charge is 0.231 e. The fraction of sp³-hybridized carbons (Fsp3) is 0.294. The number of aromatic nitrogens is 2. The number of rotatable bonds is 5. The lowest BCUT2D eigenvalue weighted by Crippen LogP contribution is -2.28. The van der Waals surface area contributed by atoms with Crippen molar-refractivity contribution in [1.29, 1.82) is 0 Å². The van der Waals surface area contributed by atoms with Crippen LogP contribution in [0.4, 0.5) is 10.8 Å². The molecule has 2 aromatic rings. The lowest BCUT2D eigenvalue weighted by Gasteiger charge is -2.16. The number of hydrogen-bond acceptors (Lipinski definition) is 6. The van der Waals surface area contributed by atoms with Crippen molar-refractivity contribution in [2.24, 2.45) is 5.92 Å². The van der Waals surface area contributed by atoms with Crippen LogP contribution in [0.1, 0.15) is 12.0 Å². The van der Waals surface area contributed by atoms with Crippen LogP contribution in [0.2, 0.25) is 0 Å². The third-order valence-corrected chi connectivity index (χ3v) is 5.63. The maximum Gasteiger partial charge on any atom is 0.231 e. The molecular weight excluding hydrogens is 356 g/mol. The highest BCUT2D eigenvalue weighted by atomic mass is 32.2. The first-order chi connectivity index (χ1) is 12.1. The lowest BCUT2D eigenvalue weighted by atomic mass is 10.1. The Kier molecular flexibility index (Phi) is 5.36. The van der Waals surface area contributed by atoms with Gasteiger partial charge in [-0.3, -0.25) is 9.59 Å². The van der Waals surface area contributed by atoms with Gasteiger partial charge in [0.05, 0.1) is 11.7 Å². The van der Waals surface area contributed by atoms with Crippen LogP contribution in [-0.4, -0.2) is 34.3 Å². The van der Waals surface area contributed by atoms with Crippen molar-refractivity contribution in [3.8, 4) is 12.3 Å². The molecule has 0 unspecified atom stereocenters. The van der Waals surface area contributed by atoms with Gasteiger partial charge in [-0.25, -0.2) is 0 Å². The first kappa shape index (κ1) is 17.5. The molecular formula is C17H16N4O2S2. The summed E-state index contributed by atoms with van der Waals surface area (Å²) in [4.78, 5) is 26.3. The molecule has 0 bridgehead atoms. The quantitative estimate of drug-likeness (QED) is 0.496. The Labute approximate surface area is 154 Å². The summed E-state index contributed by atoms with van der Waals surface area (Å²) in [6, 6.07) is 7.69. The number of carbonyl (C=O) groups is 2. The molecule has 0 radical (unpaired) electrons. The number of terminal acetylenes is 1. The molecule has 0 spiro atoms. The van der Waals surface area contributed by atoms with Gasteiger partial charge >= 0.3 is 0 Å². The number of thioether (sulfide) groups is 1. The van der Waals surface area contributed by atoms with Gasteiger partial charge in [-0.05, 0) is 19.1 Å². The van der Waals surface area contributed by atoms with Crippen LogP contribution in [0, 0.1) is 25.2 Å². The van der Waals surface area contributed by atoms with E-state index in [-0.39, 0.29) is 18.2 Å². The SMILES string of the molecule is C#CCSc1nnc(NC(=O)[C@H]2CC(=O)N(c3ccc(C)cc3)C2)s1. The van der Waals surface area contributed by atoms with Crippen LogP contribution < -0.4 is 10.2 Å². The molecule has 128 valence electrons. The summed E-state index contributed by atoms with van der Waals surface area (Å²) in [5.74, 6) is 2.35. The average Bonchev–Trinajstić information content (AvgIpc) is 3.20. The van der Waals surface area contributed by atoms with E-state index in [9.17, 15) is 9.59 Å². The Bertz CT molecular complexity index is 826. The van der Waals surface area contributed by atoms with Gasteiger partial charge in [0.2, 0.25) is 16.9 Å². The first-order valence-electron chi connectivity index (χ1n) is 7.64. The van der Waals surface area contributed by atoms with E-state index in [1.165, 1.54) is 23.1 Å². The zero-order valence-corrected chi connectivity index (χ0v) is 15.2. The zero-order chi connectivity index (χ0) is 17.8. The summed E-state index contributed by atoms with van der Waals surface area (Å²) >= 11 is 2.67. The predicted octanol–water partition coefficient (Wildman–Crippen LogP) is 2.56. The third-order valence-electron chi connectivity index (χ3n) is 3.76. The van der Waals surface area contributed by atoms with Crippen molar-refractivity contribution in [3.63, 3.8) is 0 Å². The standard InChI is InChI=1S/C17H16N4O2S2/c1-3-8-24-17-20-19-16(25-17)18-15(23)12-9-14(22)21(10-12)13-6-4-11(2)5-7-13/h1,4-7,12H,8-10H2,2H3,(H,18,19,23)/t12-/m0/s1. The molecule has 0 saturated carbocycles. The Morgan fingerprint density at radius 1 is 1.44 bits per heavy atom. The second-order valence-corrected chi connectivity index (χ2v) is 7.80. The van der Waals surface area contributed by atoms with Crippen molar-refractivity contribution in [3.05, 3.63) is 29.8 Å². The Hall–Kier alpha value is -2.37. The number of carbonyl (C=O) groups excluding carboxylic acids is 2. The Balaban J connectivity index is 1.62. The summed E-state index contributed by atoms with van der Waals surface area (Å²) < 4.78 is 0.706. The van der Waals surface area contributed by atoms with Crippen molar-refractivity contribution in [2.75, 3.05) is 22.5 Å². The second kappa shape index (κ2) is 7.68. The second-order valence-electron chi connectivity index (χ2n) is 5.60. The maximum absolute atomic E-state index is 12.4. The monoisotopic (exact) mass is 372 g/mol. The van der Waals surface area contributed by atoms with Gasteiger partial charge < -0.3 is 10.2 Å². The van der Waals surface area contributed by atoms with Crippen LogP contribution in [-0.2, 0) is 9.59 Å². The Morgan fingerprint density at radius 3 is 2.92 bits per heavy atom. The van der Waals surface area contributed by atoms with Crippen molar-refractivity contribution >= 4 is 45.7 Å². The van der Waals surface area contributed by atoms with Crippen LogP contribution in [0.3, 0.4) is 0 Å². The predicted molar refractivity (Wildman–Crippen MR) is 99.7 cm³/mol. The minimum absolute atomic E-state index is 0.0495. The van der Waals surface area contributed by atoms with Gasteiger partial charge in [-0.1, -0.05) is 46.7 Å². The minimum Gasteiger partial charge on any atom is -0.312 e. The van der Waals surface area contributed by atoms with E-state index < -0.39 is 5.92 Å². The first-order valence-corrected chi connectivity index (χ1v) is 9.44. The molecule has 2 heterocycles. The van der Waals surface area contributed by atoms with Crippen molar-refractivity contribution < 1.29 is 9.59 Å². The average molecular weight is 372 g/mol. The van der Waals surface area contributed by atoms with E-state index in [1.54, 1.807) is 4.90 Å². The number of anilines is 2. The molecule has 3 rings (SSSR count). The normalized spacial score (nSPS) is 16.7. The fourth-order valence-electron chi connectivity index (χ4n) is 2.49. The molecule has 6 nitrogen and oxygen atoms in total. The van der Waals surface area contributed by atoms with Gasteiger partial charge in [0, 0.05) is 18.7 Å². The lowest BCUT2D eigenvalue weighted by molar-refractivity contribution is -0.122. The zero-order valence-electron chi connectivity index (χ0n) is 13.6. The number of aryl methyl sites for hydroxylation is 1. The van der Waals surface area contributed by atoms with Gasteiger partial charge in [0.1, 0.15) is 0 Å². The maximum atomic E-state index is 12.4. The van der Waals surface area contributed by atoms with Gasteiger partial charge in [0.15, 0.2) is 4.34 Å². The summed E-state index contributed by atoms with van der Waals surface area (Å²) in [5, 5.41) is 11.1. The molecule has 1 aliphatic heterocycles. The van der Waals surface area contributed by atoms with E-state index >= 15 is 0 Å². The molecule has 0 aliphatic carbocycles. The van der Waals surface area contributed by atoms with E-state index in [1.807, 2.05) is 31.2 Å². The van der Waals surface area contributed by atoms with Crippen LogP contribution in [0.15, 0.2) is 28.6 Å². The molecule has 1 aromatic carbocycles. The molecule has 25 heavy (non-hydrogen) atoms. The summed E-state index contributed by atoms with van der Waals surface area (Å²) in [6.07, 6.45) is 5.40. The van der Waals surface area contributed by atoms with E-state index in [0.717, 1.165) is 11.3 Å². The number of amides is 2. The number of nitrogens with zero attached hydrogens (tertiary/aromatic N) is 3. The van der Waals surface area contributed by atoms with Gasteiger partial charge in [-0.2, -0.15) is 0 Å². The van der Waals surface area contributed by atoms with E-state index in [2.05, 4.69) is 21.4 Å². The van der Waals surface area contributed by atoms with E-state index in [0.29, 0.717) is 21.8 Å². The topological polar surface area (TPSA) is 75.2 Å². The van der Waals surface area contributed by atoms with Crippen LogP contribution in [0.5, 0.6) is 0 Å². The van der Waals surface area contributed by atoms with Crippen LogP contribution in [0.25, 0.3) is 0 Å². The van der Waals surface area contributed by atoms with Gasteiger partial charge in [-0.15, -0.1) is 16.6 Å². The molecule has 1 fully saturated rings. The van der Waals surface area contributed by atoms with Crippen molar-refractivity contribution in [1.82, 2.24) is 10.2 Å². The minimum atomic E-state index is -0.403. The fourth-order valence-corrected chi connectivity index (χ4v) is 3.92. The highest BCUT2D eigenvalue weighted by Crippen LogP contribution is 2.28. The number of hydrogen-bond donors (Lipinski definition) is 1. The Morgan fingerprint density at radius 2 is 2.20 bits per heavy atom. The van der Waals surface area contributed by atoms with Crippen LogP contribution >= 0.6 is 23.1 Å². The third kappa shape index (κ3) is 4.18. The van der Waals surface area contributed by atoms with Gasteiger partial charge in [0.25, 0.3) is 0 Å². The molecule has 1 atom stereocenters. The molecule has 2 amide bonds. The summed E-state index contributed by atoms with van der Waals surface area (Å²) in [6.45, 7) is 2.36. The molecule has 8 heteroatoms. The molecule has 1 saturated heterocycles. The molecule has 1 N–H and O–H groups in total. The molecule has 1 aromatic heterocycles. The largest absolute Gasteiger partial charge is 0.312 e. The van der Waals surface area contributed by atoms with Crippen molar-refractivity contribution in [2.45, 2.75) is 17.7 Å². The highest BCUT2D eigenvalue weighted by molar-refractivity contribution is 8.01. The summed E-state index contributed by atoms with van der Waals surface area (Å²) in [7, 11) is 0. The highest BCUT2D eigenvalue weighted by Gasteiger charge is 2.35. The number of benzene rings is 1. The summed E-state index contributed by atoms with van der Waals surface area (Å²) in [5.41, 5.74) is 1.94.